The molecule has 0 amide bonds. The molecule has 1 saturated carbocycles. The Labute approximate surface area is 126 Å². The summed E-state index contributed by atoms with van der Waals surface area (Å²) in [6, 6.07) is 10.2. The topological polar surface area (TPSA) is 49.7 Å². The average molecular weight is 288 g/mol. The summed E-state index contributed by atoms with van der Waals surface area (Å²) >= 11 is 0. The number of hydrogen-bond acceptors (Lipinski definition) is 3. The standard InChI is InChI=1S/C18H24O3/c19-14(7-6-13-4-2-1-3-5-13)8-9-15-16-10-11-21-18(16)12-17(15)20/h1-5,8-9,14-20H,6-7,10-12H2/b9-8+/t14-,15+,16+,17+,18-/m0/s1. The molecule has 0 aromatic heterocycles. The Morgan fingerprint density at radius 3 is 2.90 bits per heavy atom. The first kappa shape index (κ1) is 14.8. The van der Waals surface area contributed by atoms with Crippen LogP contribution in [0.4, 0.5) is 0 Å². The number of ether oxygens (including phenoxy) is 1. The monoisotopic (exact) mass is 288 g/mol. The van der Waals surface area contributed by atoms with Crippen LogP contribution < -0.4 is 0 Å². The van der Waals surface area contributed by atoms with Crippen molar-refractivity contribution in [1.82, 2.24) is 0 Å². The van der Waals surface area contributed by atoms with E-state index in [9.17, 15) is 10.2 Å². The van der Waals surface area contributed by atoms with Gasteiger partial charge in [0.1, 0.15) is 0 Å². The van der Waals surface area contributed by atoms with Crippen LogP contribution in [0.3, 0.4) is 0 Å². The lowest BCUT2D eigenvalue weighted by Crippen LogP contribution is -2.18. The van der Waals surface area contributed by atoms with Crippen molar-refractivity contribution in [3.63, 3.8) is 0 Å². The number of aliphatic hydroxyl groups excluding tert-OH is 2. The van der Waals surface area contributed by atoms with Crippen LogP contribution in [0, 0.1) is 11.8 Å². The van der Waals surface area contributed by atoms with Crippen LogP contribution in [0.25, 0.3) is 0 Å². The maximum atomic E-state index is 10.1. The number of benzene rings is 1. The minimum atomic E-state index is -0.446. The van der Waals surface area contributed by atoms with Gasteiger partial charge in [-0.2, -0.15) is 0 Å². The van der Waals surface area contributed by atoms with Crippen LogP contribution >= 0.6 is 0 Å². The Kier molecular flexibility index (Phi) is 4.73. The van der Waals surface area contributed by atoms with E-state index in [1.807, 2.05) is 30.4 Å². The summed E-state index contributed by atoms with van der Waals surface area (Å²) in [7, 11) is 0. The second-order valence-corrected chi connectivity index (χ2v) is 6.22. The molecule has 1 aromatic carbocycles. The maximum absolute atomic E-state index is 10.1. The normalized spacial score (nSPS) is 33.4. The van der Waals surface area contributed by atoms with E-state index < -0.39 is 6.10 Å². The van der Waals surface area contributed by atoms with Crippen LogP contribution in [-0.2, 0) is 11.2 Å². The fourth-order valence-corrected chi connectivity index (χ4v) is 3.61. The second kappa shape index (κ2) is 6.73. The van der Waals surface area contributed by atoms with Crippen molar-refractivity contribution in [1.29, 1.82) is 0 Å². The average Bonchev–Trinajstić information content (AvgIpc) is 3.05. The molecule has 0 bridgehead atoms. The summed E-state index contributed by atoms with van der Waals surface area (Å²) in [6.45, 7) is 0.808. The van der Waals surface area contributed by atoms with Gasteiger partial charge in [0.2, 0.25) is 0 Å². The van der Waals surface area contributed by atoms with Gasteiger partial charge in [-0.05, 0) is 30.7 Å². The molecule has 3 rings (SSSR count). The van der Waals surface area contributed by atoms with Crippen molar-refractivity contribution >= 4 is 0 Å². The van der Waals surface area contributed by atoms with Gasteiger partial charge in [0.25, 0.3) is 0 Å². The van der Waals surface area contributed by atoms with Gasteiger partial charge in [-0.25, -0.2) is 0 Å². The first-order chi connectivity index (χ1) is 10.2. The Hall–Kier alpha value is -1.16. The first-order valence-electron chi connectivity index (χ1n) is 7.94. The minimum absolute atomic E-state index is 0.142. The molecule has 1 aliphatic heterocycles. The molecule has 1 heterocycles. The molecule has 0 unspecified atom stereocenters. The van der Waals surface area contributed by atoms with Gasteiger partial charge >= 0.3 is 0 Å². The largest absolute Gasteiger partial charge is 0.392 e. The quantitative estimate of drug-likeness (QED) is 0.818. The SMILES string of the molecule is O[C@H](/C=C/[C@@H]1[C@H]2CCO[C@H]2C[C@H]1O)CCc1ccccc1. The minimum Gasteiger partial charge on any atom is -0.392 e. The zero-order valence-corrected chi connectivity index (χ0v) is 12.3. The number of aryl methyl sites for hydroxylation is 1. The summed E-state index contributed by atoms with van der Waals surface area (Å²) in [5.74, 6) is 0.571. The molecule has 1 aromatic rings. The lowest BCUT2D eigenvalue weighted by atomic mass is 9.91. The van der Waals surface area contributed by atoms with Gasteiger partial charge in [0.05, 0.1) is 18.3 Å². The van der Waals surface area contributed by atoms with Crippen molar-refractivity contribution in [2.24, 2.45) is 11.8 Å². The molecule has 3 heteroatoms. The third-order valence-corrected chi connectivity index (χ3v) is 4.80. The van der Waals surface area contributed by atoms with Crippen molar-refractivity contribution in [2.75, 3.05) is 6.61 Å². The van der Waals surface area contributed by atoms with Crippen LogP contribution in [0.2, 0.25) is 0 Å². The predicted octanol–water partition coefficient (Wildman–Crippen LogP) is 2.32. The van der Waals surface area contributed by atoms with Crippen LogP contribution in [0.5, 0.6) is 0 Å². The summed E-state index contributed by atoms with van der Waals surface area (Å²) < 4.78 is 5.63. The molecule has 3 nitrogen and oxygen atoms in total. The molecule has 21 heavy (non-hydrogen) atoms. The van der Waals surface area contributed by atoms with Gasteiger partial charge in [0, 0.05) is 18.9 Å². The van der Waals surface area contributed by atoms with Gasteiger partial charge in [-0.3, -0.25) is 0 Å². The van der Waals surface area contributed by atoms with Gasteiger partial charge < -0.3 is 14.9 Å². The van der Waals surface area contributed by atoms with Crippen molar-refractivity contribution in [2.45, 2.75) is 44.0 Å². The highest BCUT2D eigenvalue weighted by Gasteiger charge is 2.44. The van der Waals surface area contributed by atoms with Crippen molar-refractivity contribution in [3.8, 4) is 0 Å². The highest BCUT2D eigenvalue weighted by atomic mass is 16.5. The van der Waals surface area contributed by atoms with Gasteiger partial charge in [-0.1, -0.05) is 42.5 Å². The summed E-state index contributed by atoms with van der Waals surface area (Å²) in [5, 5.41) is 20.2. The van der Waals surface area contributed by atoms with E-state index in [0.29, 0.717) is 12.3 Å². The lowest BCUT2D eigenvalue weighted by molar-refractivity contribution is 0.0805. The third-order valence-electron chi connectivity index (χ3n) is 4.80. The molecule has 0 radical (unpaired) electrons. The maximum Gasteiger partial charge on any atom is 0.0724 e. The predicted molar refractivity (Wildman–Crippen MR) is 81.9 cm³/mol. The summed E-state index contributed by atoms with van der Waals surface area (Å²) in [5.41, 5.74) is 1.25. The van der Waals surface area contributed by atoms with Crippen LogP contribution in [-0.4, -0.2) is 35.1 Å². The second-order valence-electron chi connectivity index (χ2n) is 6.22. The molecule has 2 aliphatic rings. The Bertz CT molecular complexity index is 471. The third kappa shape index (κ3) is 3.54. The smallest absolute Gasteiger partial charge is 0.0724 e. The number of fused-ring (bicyclic) bond motifs is 1. The molecular weight excluding hydrogens is 264 g/mol. The van der Waals surface area contributed by atoms with E-state index >= 15 is 0 Å². The van der Waals surface area contributed by atoms with E-state index in [2.05, 4.69) is 12.1 Å². The molecule has 2 N–H and O–H groups in total. The van der Waals surface area contributed by atoms with Gasteiger partial charge in [0.15, 0.2) is 0 Å². The van der Waals surface area contributed by atoms with Crippen LogP contribution in [0.15, 0.2) is 42.5 Å². The Balaban J connectivity index is 1.51. The molecular formula is C18H24O3. The fourth-order valence-electron chi connectivity index (χ4n) is 3.61. The van der Waals surface area contributed by atoms with E-state index in [4.69, 9.17) is 4.74 Å². The molecule has 114 valence electrons. The highest BCUT2D eigenvalue weighted by molar-refractivity contribution is 5.15. The first-order valence-corrected chi connectivity index (χ1v) is 7.94. The molecule has 1 saturated heterocycles. The highest BCUT2D eigenvalue weighted by Crippen LogP contribution is 2.41. The molecule has 0 spiro atoms. The number of hydrogen-bond donors (Lipinski definition) is 2. The summed E-state index contributed by atoms with van der Waals surface area (Å²) in [4.78, 5) is 0. The Morgan fingerprint density at radius 1 is 1.29 bits per heavy atom. The van der Waals surface area contributed by atoms with E-state index in [-0.39, 0.29) is 18.1 Å². The molecule has 1 aliphatic carbocycles. The van der Waals surface area contributed by atoms with Crippen molar-refractivity contribution in [3.05, 3.63) is 48.0 Å². The lowest BCUT2D eigenvalue weighted by Gasteiger charge is -2.16. The van der Waals surface area contributed by atoms with Gasteiger partial charge in [-0.15, -0.1) is 0 Å². The molecule has 5 atom stereocenters. The van der Waals surface area contributed by atoms with Crippen molar-refractivity contribution < 1.29 is 14.9 Å². The Morgan fingerprint density at radius 2 is 2.10 bits per heavy atom. The van der Waals surface area contributed by atoms with E-state index in [1.165, 1.54) is 5.56 Å². The zero-order valence-electron chi connectivity index (χ0n) is 12.3. The number of rotatable bonds is 5. The van der Waals surface area contributed by atoms with E-state index in [0.717, 1.165) is 25.9 Å². The zero-order chi connectivity index (χ0) is 14.7. The summed E-state index contributed by atoms with van der Waals surface area (Å²) in [6.07, 6.45) is 6.67. The fraction of sp³-hybridized carbons (Fsp3) is 0.556. The van der Waals surface area contributed by atoms with Crippen LogP contribution in [0.1, 0.15) is 24.8 Å². The molecule has 2 fully saturated rings. The van der Waals surface area contributed by atoms with E-state index in [1.54, 1.807) is 0 Å². The number of aliphatic hydroxyl groups is 2.